The van der Waals surface area contributed by atoms with Gasteiger partial charge < -0.3 is 5.11 Å². The first-order valence-electron chi connectivity index (χ1n) is 7.45. The summed E-state index contributed by atoms with van der Waals surface area (Å²) in [6.07, 6.45) is 0.897. The van der Waals surface area contributed by atoms with Crippen molar-refractivity contribution >= 4 is 11.9 Å². The second kappa shape index (κ2) is 8.10. The smallest absolute Gasteiger partial charge is 0.328 e. The average molecular weight is 312 g/mol. The highest BCUT2D eigenvalue weighted by atomic mass is 16.4. The number of nitrogens with zero attached hydrogens (tertiary/aromatic N) is 1. The maximum atomic E-state index is 12.2. The zero-order chi connectivity index (χ0) is 16.7. The fourth-order valence-electron chi connectivity index (χ4n) is 2.34. The van der Waals surface area contributed by atoms with Gasteiger partial charge in [0.1, 0.15) is 6.04 Å². The van der Waals surface area contributed by atoms with E-state index >= 15 is 0 Å². The predicted octanol–water partition coefficient (Wildman–Crippen LogP) is 2.02. The van der Waals surface area contributed by atoms with Crippen LogP contribution in [0.15, 0.2) is 60.7 Å². The molecule has 0 saturated carbocycles. The van der Waals surface area contributed by atoms with Crippen LogP contribution in [0.1, 0.15) is 17.5 Å². The van der Waals surface area contributed by atoms with E-state index in [1.54, 1.807) is 0 Å². The molecule has 0 bridgehead atoms. The highest BCUT2D eigenvalue weighted by Crippen LogP contribution is 2.10. The number of benzene rings is 2. The van der Waals surface area contributed by atoms with Crippen molar-refractivity contribution in [3.8, 4) is 0 Å². The molecule has 5 heteroatoms. The molecule has 120 valence electrons. The van der Waals surface area contributed by atoms with Gasteiger partial charge in [-0.25, -0.2) is 10.6 Å². The monoisotopic (exact) mass is 312 g/mol. The number of hydrazine groups is 1. The number of carbonyl (C=O) groups is 2. The van der Waals surface area contributed by atoms with E-state index in [-0.39, 0.29) is 18.7 Å². The zero-order valence-electron chi connectivity index (χ0n) is 12.8. The Kier molecular flexibility index (Phi) is 5.88. The van der Waals surface area contributed by atoms with Gasteiger partial charge in [-0.2, -0.15) is 0 Å². The Morgan fingerprint density at radius 2 is 1.48 bits per heavy atom. The van der Waals surface area contributed by atoms with Crippen LogP contribution in [0.25, 0.3) is 0 Å². The molecule has 0 fully saturated rings. The molecule has 0 saturated heterocycles. The summed E-state index contributed by atoms with van der Waals surface area (Å²) in [7, 11) is 0. The molecule has 0 aliphatic heterocycles. The van der Waals surface area contributed by atoms with Crippen molar-refractivity contribution in [1.82, 2.24) is 5.01 Å². The maximum absolute atomic E-state index is 12.2. The van der Waals surface area contributed by atoms with E-state index in [0.717, 1.165) is 16.1 Å². The van der Waals surface area contributed by atoms with Gasteiger partial charge in [-0.05, 0) is 17.5 Å². The van der Waals surface area contributed by atoms with E-state index in [1.165, 1.54) is 0 Å². The van der Waals surface area contributed by atoms with Gasteiger partial charge in [0.15, 0.2) is 0 Å². The molecule has 1 amide bonds. The summed E-state index contributed by atoms with van der Waals surface area (Å²) in [6, 6.07) is 17.6. The van der Waals surface area contributed by atoms with Crippen molar-refractivity contribution in [2.75, 3.05) is 0 Å². The van der Waals surface area contributed by atoms with Crippen molar-refractivity contribution in [3.63, 3.8) is 0 Å². The molecule has 0 unspecified atom stereocenters. The van der Waals surface area contributed by atoms with Crippen molar-refractivity contribution in [2.45, 2.75) is 25.3 Å². The summed E-state index contributed by atoms with van der Waals surface area (Å²) in [6.45, 7) is 0. The largest absolute Gasteiger partial charge is 0.480 e. The summed E-state index contributed by atoms with van der Waals surface area (Å²) < 4.78 is 0. The first-order valence-corrected chi connectivity index (χ1v) is 7.45. The number of nitrogens with two attached hydrogens (primary N) is 1. The van der Waals surface area contributed by atoms with Gasteiger partial charge in [-0.15, -0.1) is 0 Å². The fourth-order valence-corrected chi connectivity index (χ4v) is 2.34. The molecule has 0 radical (unpaired) electrons. The summed E-state index contributed by atoms with van der Waals surface area (Å²) in [5.41, 5.74) is 1.84. The molecule has 0 aromatic heterocycles. The third kappa shape index (κ3) is 4.93. The number of amides is 1. The van der Waals surface area contributed by atoms with Crippen LogP contribution in [0.5, 0.6) is 0 Å². The van der Waals surface area contributed by atoms with E-state index in [4.69, 9.17) is 5.84 Å². The lowest BCUT2D eigenvalue weighted by Gasteiger charge is -2.24. The number of aryl methyl sites for hydroxylation is 1. The van der Waals surface area contributed by atoms with E-state index in [0.29, 0.717) is 6.42 Å². The highest BCUT2D eigenvalue weighted by Gasteiger charge is 2.27. The van der Waals surface area contributed by atoms with Crippen LogP contribution in [0.4, 0.5) is 0 Å². The Balaban J connectivity index is 1.98. The summed E-state index contributed by atoms with van der Waals surface area (Å²) in [4.78, 5) is 23.6. The normalized spacial score (nSPS) is 11.7. The van der Waals surface area contributed by atoms with Crippen LogP contribution in [-0.4, -0.2) is 28.0 Å². The van der Waals surface area contributed by atoms with Gasteiger partial charge in [-0.3, -0.25) is 9.80 Å². The van der Waals surface area contributed by atoms with Crippen LogP contribution >= 0.6 is 0 Å². The Hall–Kier alpha value is -2.66. The molecule has 5 nitrogen and oxygen atoms in total. The topological polar surface area (TPSA) is 83.6 Å². The van der Waals surface area contributed by atoms with Crippen molar-refractivity contribution < 1.29 is 14.7 Å². The van der Waals surface area contributed by atoms with Gasteiger partial charge in [0.25, 0.3) is 0 Å². The van der Waals surface area contributed by atoms with Crippen LogP contribution in [-0.2, 0) is 22.4 Å². The summed E-state index contributed by atoms with van der Waals surface area (Å²) in [5.74, 6) is 4.29. The Morgan fingerprint density at radius 3 is 2.00 bits per heavy atom. The predicted molar refractivity (Wildman–Crippen MR) is 87.4 cm³/mol. The molecule has 3 N–H and O–H groups in total. The van der Waals surface area contributed by atoms with Crippen LogP contribution in [0.2, 0.25) is 0 Å². The summed E-state index contributed by atoms with van der Waals surface area (Å²) >= 11 is 0. The number of aliphatic carboxylic acids is 1. The molecular weight excluding hydrogens is 292 g/mol. The fraction of sp³-hybridized carbons (Fsp3) is 0.222. The number of carboxylic acid groups (broad SMARTS) is 1. The molecule has 2 aromatic rings. The number of hydrogen-bond acceptors (Lipinski definition) is 3. The molecule has 23 heavy (non-hydrogen) atoms. The van der Waals surface area contributed by atoms with Gasteiger partial charge >= 0.3 is 5.97 Å². The minimum Gasteiger partial charge on any atom is -0.480 e. The third-order valence-electron chi connectivity index (χ3n) is 3.65. The first kappa shape index (κ1) is 16.7. The molecule has 0 aliphatic carbocycles. The minimum absolute atomic E-state index is 0.180. The van der Waals surface area contributed by atoms with E-state index in [1.807, 2.05) is 60.7 Å². The molecule has 2 rings (SSSR count). The van der Waals surface area contributed by atoms with Crippen LogP contribution < -0.4 is 5.84 Å². The SMILES string of the molecule is NN(C(=O)CCc1ccccc1)[C@@H](Cc1ccccc1)C(=O)O. The number of hydrogen-bond donors (Lipinski definition) is 2. The standard InChI is InChI=1S/C18H20N2O3/c19-20(17(21)12-11-14-7-3-1-4-8-14)16(18(22)23)13-15-9-5-2-6-10-15/h1-10,16H,11-13,19H2,(H,22,23)/t16-/m0/s1. The first-order chi connectivity index (χ1) is 11.1. The van der Waals surface area contributed by atoms with E-state index in [9.17, 15) is 14.7 Å². The van der Waals surface area contributed by atoms with E-state index in [2.05, 4.69) is 0 Å². The van der Waals surface area contributed by atoms with Crippen molar-refractivity contribution in [2.24, 2.45) is 5.84 Å². The Labute approximate surface area is 135 Å². The molecule has 0 heterocycles. The van der Waals surface area contributed by atoms with Crippen molar-refractivity contribution in [3.05, 3.63) is 71.8 Å². The lowest BCUT2D eigenvalue weighted by atomic mass is 10.0. The zero-order valence-corrected chi connectivity index (χ0v) is 12.8. The molecular formula is C18H20N2O3. The number of carbonyl (C=O) groups excluding carboxylic acids is 1. The van der Waals surface area contributed by atoms with E-state index < -0.39 is 12.0 Å². The van der Waals surface area contributed by atoms with Crippen molar-refractivity contribution in [1.29, 1.82) is 0 Å². The van der Waals surface area contributed by atoms with Crippen LogP contribution in [0.3, 0.4) is 0 Å². The number of carboxylic acids is 1. The third-order valence-corrected chi connectivity index (χ3v) is 3.65. The van der Waals surface area contributed by atoms with Gasteiger partial charge in [0, 0.05) is 12.8 Å². The maximum Gasteiger partial charge on any atom is 0.328 e. The highest BCUT2D eigenvalue weighted by molar-refractivity contribution is 5.83. The Morgan fingerprint density at radius 1 is 0.957 bits per heavy atom. The Bertz CT molecular complexity index is 644. The molecule has 0 aliphatic rings. The minimum atomic E-state index is -1.11. The molecule has 1 atom stereocenters. The molecule has 0 spiro atoms. The number of rotatable bonds is 7. The second-order valence-corrected chi connectivity index (χ2v) is 5.33. The van der Waals surface area contributed by atoms with Gasteiger partial charge in [0.2, 0.25) is 5.91 Å². The summed E-state index contributed by atoms with van der Waals surface area (Å²) in [5, 5.41) is 10.2. The lowest BCUT2D eigenvalue weighted by Crippen LogP contribution is -2.50. The lowest BCUT2D eigenvalue weighted by molar-refractivity contribution is -0.150. The quantitative estimate of drug-likeness (QED) is 0.465. The average Bonchev–Trinajstić information content (AvgIpc) is 2.58. The van der Waals surface area contributed by atoms with Gasteiger partial charge in [0.05, 0.1) is 0 Å². The van der Waals surface area contributed by atoms with Crippen LogP contribution in [0, 0.1) is 0 Å². The van der Waals surface area contributed by atoms with Gasteiger partial charge in [-0.1, -0.05) is 60.7 Å². The second-order valence-electron chi connectivity index (χ2n) is 5.33. The molecule has 2 aromatic carbocycles.